The molecule has 9 heteroatoms. The molecule has 0 radical (unpaired) electrons. The summed E-state index contributed by atoms with van der Waals surface area (Å²) in [4.78, 5) is 18.5. The van der Waals surface area contributed by atoms with Crippen molar-refractivity contribution in [3.05, 3.63) is 47.4 Å². The Morgan fingerprint density at radius 1 is 1.41 bits per heavy atom. The van der Waals surface area contributed by atoms with Crippen molar-refractivity contribution < 1.29 is 18.4 Å². The fraction of sp³-hybridized carbons (Fsp3) is 0.500. The van der Waals surface area contributed by atoms with E-state index in [1.807, 2.05) is 6.07 Å². The van der Waals surface area contributed by atoms with E-state index in [1.54, 1.807) is 13.0 Å². The largest absolute Gasteiger partial charge is 0.379 e. The van der Waals surface area contributed by atoms with Crippen LogP contribution in [0.4, 0.5) is 4.39 Å². The number of thioether (sulfide) groups is 1. The van der Waals surface area contributed by atoms with Crippen LogP contribution in [0.2, 0.25) is 0 Å². The molecule has 1 amide bonds. The van der Waals surface area contributed by atoms with Crippen LogP contribution in [0.1, 0.15) is 23.3 Å². The first-order valence-electron chi connectivity index (χ1n) is 8.82. The van der Waals surface area contributed by atoms with Crippen molar-refractivity contribution in [2.75, 3.05) is 38.6 Å². The highest BCUT2D eigenvalue weighted by Crippen LogP contribution is 2.22. The molecule has 0 aliphatic carbocycles. The number of morpholine rings is 1. The summed E-state index contributed by atoms with van der Waals surface area (Å²) in [6, 6.07) is 6.46. The number of nitrogens with one attached hydrogen (secondary N) is 1. The summed E-state index contributed by atoms with van der Waals surface area (Å²) < 4.78 is 24.0. The first-order valence-corrected chi connectivity index (χ1v) is 9.98. The van der Waals surface area contributed by atoms with Crippen molar-refractivity contribution in [2.45, 2.75) is 18.7 Å². The van der Waals surface area contributed by atoms with Crippen LogP contribution in [-0.2, 0) is 15.3 Å². The molecule has 1 atom stereocenters. The highest BCUT2D eigenvalue weighted by molar-refractivity contribution is 7.99. The number of hydrogen-bond acceptors (Lipinski definition) is 7. The normalized spacial score (nSPS) is 16.2. The minimum absolute atomic E-state index is 0.0742. The van der Waals surface area contributed by atoms with E-state index in [2.05, 4.69) is 20.4 Å². The highest BCUT2D eigenvalue weighted by Gasteiger charge is 2.23. The van der Waals surface area contributed by atoms with Gasteiger partial charge in [0.1, 0.15) is 5.82 Å². The molecule has 1 N–H and O–H groups in total. The van der Waals surface area contributed by atoms with E-state index < -0.39 is 0 Å². The Labute approximate surface area is 161 Å². The number of amides is 1. The standard InChI is InChI=1S/C18H23FN4O3S/c1-13-21-17(22-26-13)11-27-12-18(24)20-10-16(23-5-7-25-8-6-23)14-3-2-4-15(19)9-14/h2-4,9,16H,5-8,10-12H2,1H3,(H,20,24). The minimum Gasteiger partial charge on any atom is -0.379 e. The fourth-order valence-electron chi connectivity index (χ4n) is 2.96. The summed E-state index contributed by atoms with van der Waals surface area (Å²) in [7, 11) is 0. The second-order valence-corrected chi connectivity index (χ2v) is 7.23. The van der Waals surface area contributed by atoms with Gasteiger partial charge in [0.2, 0.25) is 11.8 Å². The van der Waals surface area contributed by atoms with Crippen LogP contribution in [0.25, 0.3) is 0 Å². The SMILES string of the molecule is Cc1nc(CSCC(=O)NCC(c2cccc(F)c2)N2CCOCC2)no1. The molecule has 1 unspecified atom stereocenters. The van der Waals surface area contributed by atoms with Crippen LogP contribution < -0.4 is 5.32 Å². The maximum Gasteiger partial charge on any atom is 0.230 e. The summed E-state index contributed by atoms with van der Waals surface area (Å²) in [6.07, 6.45) is 0. The van der Waals surface area contributed by atoms with Gasteiger partial charge in [-0.3, -0.25) is 9.69 Å². The molecule has 2 aromatic rings. The van der Waals surface area contributed by atoms with Crippen LogP contribution in [0.15, 0.2) is 28.8 Å². The topological polar surface area (TPSA) is 80.5 Å². The molecular formula is C18H23FN4O3S. The number of carbonyl (C=O) groups excluding carboxylic acids is 1. The molecular weight excluding hydrogens is 371 g/mol. The molecule has 0 bridgehead atoms. The van der Waals surface area contributed by atoms with Gasteiger partial charge >= 0.3 is 0 Å². The maximum absolute atomic E-state index is 13.7. The van der Waals surface area contributed by atoms with Crippen LogP contribution >= 0.6 is 11.8 Å². The lowest BCUT2D eigenvalue weighted by Crippen LogP contribution is -2.44. The molecule has 1 aromatic carbocycles. The van der Waals surface area contributed by atoms with Crippen molar-refractivity contribution >= 4 is 17.7 Å². The van der Waals surface area contributed by atoms with Crippen molar-refractivity contribution in [1.82, 2.24) is 20.4 Å². The molecule has 0 saturated carbocycles. The van der Waals surface area contributed by atoms with Gasteiger partial charge in [-0.15, -0.1) is 11.8 Å². The van der Waals surface area contributed by atoms with E-state index in [4.69, 9.17) is 9.26 Å². The summed E-state index contributed by atoms with van der Waals surface area (Å²) in [5.74, 6) is 1.56. The molecule has 1 aliphatic heterocycles. The lowest BCUT2D eigenvalue weighted by atomic mass is 10.0. The van der Waals surface area contributed by atoms with E-state index >= 15 is 0 Å². The van der Waals surface area contributed by atoms with Gasteiger partial charge < -0.3 is 14.6 Å². The number of nitrogens with zero attached hydrogens (tertiary/aromatic N) is 3. The third-order valence-electron chi connectivity index (χ3n) is 4.25. The average molecular weight is 394 g/mol. The molecule has 1 fully saturated rings. The molecule has 2 heterocycles. The predicted octanol–water partition coefficient (Wildman–Crippen LogP) is 1.94. The van der Waals surface area contributed by atoms with E-state index in [0.717, 1.165) is 18.7 Å². The first kappa shape index (κ1) is 19.8. The van der Waals surface area contributed by atoms with E-state index in [-0.39, 0.29) is 17.8 Å². The molecule has 7 nitrogen and oxygen atoms in total. The monoisotopic (exact) mass is 394 g/mol. The highest BCUT2D eigenvalue weighted by atomic mass is 32.2. The summed E-state index contributed by atoms with van der Waals surface area (Å²) >= 11 is 1.42. The number of rotatable bonds is 8. The van der Waals surface area contributed by atoms with Gasteiger partial charge in [-0.2, -0.15) is 4.98 Å². The van der Waals surface area contributed by atoms with Gasteiger partial charge in [-0.1, -0.05) is 17.3 Å². The quantitative estimate of drug-likeness (QED) is 0.733. The second kappa shape index (κ2) is 9.82. The fourth-order valence-corrected chi connectivity index (χ4v) is 3.65. The maximum atomic E-state index is 13.7. The Kier molecular flexibility index (Phi) is 7.19. The molecule has 27 heavy (non-hydrogen) atoms. The van der Waals surface area contributed by atoms with E-state index in [1.165, 1.54) is 23.9 Å². The molecule has 1 aliphatic rings. The van der Waals surface area contributed by atoms with Crippen LogP contribution in [-0.4, -0.2) is 59.5 Å². The zero-order chi connectivity index (χ0) is 19.1. The van der Waals surface area contributed by atoms with Gasteiger partial charge in [-0.05, 0) is 17.7 Å². The molecule has 3 rings (SSSR count). The Morgan fingerprint density at radius 3 is 2.93 bits per heavy atom. The van der Waals surface area contributed by atoms with Crippen LogP contribution in [0, 0.1) is 12.7 Å². The van der Waals surface area contributed by atoms with Gasteiger partial charge in [-0.25, -0.2) is 4.39 Å². The number of benzene rings is 1. The molecule has 1 saturated heterocycles. The zero-order valence-corrected chi connectivity index (χ0v) is 16.0. The first-order chi connectivity index (χ1) is 13.1. The van der Waals surface area contributed by atoms with Crippen molar-refractivity contribution in [1.29, 1.82) is 0 Å². The van der Waals surface area contributed by atoms with E-state index in [9.17, 15) is 9.18 Å². The Hall–Kier alpha value is -1.97. The Morgan fingerprint density at radius 2 is 2.22 bits per heavy atom. The Balaban J connectivity index is 1.52. The molecule has 1 aromatic heterocycles. The molecule has 0 spiro atoms. The number of ether oxygens (including phenoxy) is 1. The van der Waals surface area contributed by atoms with Gasteiger partial charge in [0.05, 0.1) is 30.8 Å². The van der Waals surface area contributed by atoms with Crippen LogP contribution in [0.3, 0.4) is 0 Å². The predicted molar refractivity (Wildman–Crippen MR) is 99.7 cm³/mol. The van der Waals surface area contributed by atoms with Crippen molar-refractivity contribution in [3.8, 4) is 0 Å². The second-order valence-electron chi connectivity index (χ2n) is 6.25. The lowest BCUT2D eigenvalue weighted by molar-refractivity contribution is -0.118. The summed E-state index contributed by atoms with van der Waals surface area (Å²) in [5.41, 5.74) is 0.854. The van der Waals surface area contributed by atoms with Crippen molar-refractivity contribution in [3.63, 3.8) is 0 Å². The molecule has 146 valence electrons. The lowest BCUT2D eigenvalue weighted by Gasteiger charge is -2.35. The number of carbonyl (C=O) groups is 1. The summed E-state index contributed by atoms with van der Waals surface area (Å²) in [6.45, 7) is 4.93. The third-order valence-corrected chi connectivity index (χ3v) is 5.18. The number of halogens is 1. The zero-order valence-electron chi connectivity index (χ0n) is 15.2. The van der Waals surface area contributed by atoms with Gasteiger partial charge in [0, 0.05) is 26.6 Å². The van der Waals surface area contributed by atoms with E-state index in [0.29, 0.717) is 43.0 Å². The van der Waals surface area contributed by atoms with Crippen LogP contribution in [0.5, 0.6) is 0 Å². The number of aromatic nitrogens is 2. The summed E-state index contributed by atoms with van der Waals surface area (Å²) in [5, 5.41) is 6.76. The number of aryl methyl sites for hydroxylation is 1. The smallest absolute Gasteiger partial charge is 0.230 e. The number of hydrogen-bond donors (Lipinski definition) is 1. The minimum atomic E-state index is -0.275. The Bertz CT molecular complexity index is 752. The van der Waals surface area contributed by atoms with Gasteiger partial charge in [0.15, 0.2) is 5.82 Å². The third kappa shape index (κ3) is 6.02. The van der Waals surface area contributed by atoms with Gasteiger partial charge in [0.25, 0.3) is 0 Å². The van der Waals surface area contributed by atoms with Crippen molar-refractivity contribution in [2.24, 2.45) is 0 Å². The average Bonchev–Trinajstić information content (AvgIpc) is 3.08.